The van der Waals surface area contributed by atoms with Gasteiger partial charge in [0.2, 0.25) is 0 Å². The van der Waals surface area contributed by atoms with Crippen LogP contribution in [0.1, 0.15) is 48.0 Å². The second kappa shape index (κ2) is 7.24. The average molecular weight is 295 g/mol. The largest absolute Gasteiger partial charge is 0.462 e. The van der Waals surface area contributed by atoms with Gasteiger partial charge in [-0.05, 0) is 39.7 Å². The number of aryl methyl sites for hydroxylation is 1. The molecule has 1 N–H and O–H groups in total. The third kappa shape index (κ3) is 3.70. The van der Waals surface area contributed by atoms with E-state index in [1.807, 2.05) is 26.8 Å². The topological polar surface area (TPSA) is 55.4 Å². The van der Waals surface area contributed by atoms with Crippen LogP contribution in [0.2, 0.25) is 0 Å². The Morgan fingerprint density at radius 2 is 1.95 bits per heavy atom. The highest BCUT2D eigenvalue weighted by Crippen LogP contribution is 2.33. The highest BCUT2D eigenvalue weighted by atomic mass is 32.1. The van der Waals surface area contributed by atoms with Crippen LogP contribution in [0.25, 0.3) is 0 Å². The van der Waals surface area contributed by atoms with E-state index in [1.165, 1.54) is 11.3 Å². The maximum absolute atomic E-state index is 12.0. The summed E-state index contributed by atoms with van der Waals surface area (Å²) in [5.41, 5.74) is 1.97. The van der Waals surface area contributed by atoms with Gasteiger partial charge in [0.15, 0.2) is 0 Å². The third-order valence-corrected chi connectivity index (χ3v) is 4.08. The van der Waals surface area contributed by atoms with Gasteiger partial charge in [-0.15, -0.1) is 11.3 Å². The molecule has 0 fully saturated rings. The van der Waals surface area contributed by atoms with Gasteiger partial charge in [0.05, 0.1) is 12.2 Å². The number of allylic oxidation sites excluding steroid dienone is 1. The zero-order chi connectivity index (χ0) is 15.3. The summed E-state index contributed by atoms with van der Waals surface area (Å²) in [5, 5.41) is 3.37. The number of hydrogen-bond donors (Lipinski definition) is 1. The zero-order valence-electron chi connectivity index (χ0n) is 12.6. The molecule has 0 bridgehead atoms. The molecular formula is C15H21NO3S. The van der Waals surface area contributed by atoms with Crippen molar-refractivity contribution in [2.75, 3.05) is 11.9 Å². The number of hydrogen-bond acceptors (Lipinski definition) is 4. The lowest BCUT2D eigenvalue weighted by Gasteiger charge is -2.07. The van der Waals surface area contributed by atoms with Gasteiger partial charge < -0.3 is 10.1 Å². The molecule has 5 heteroatoms. The molecule has 1 aromatic rings. The van der Waals surface area contributed by atoms with Crippen LogP contribution < -0.4 is 5.32 Å². The van der Waals surface area contributed by atoms with Crippen LogP contribution in [0, 0.1) is 13.8 Å². The first-order chi connectivity index (χ1) is 9.42. The van der Waals surface area contributed by atoms with E-state index in [0.29, 0.717) is 22.7 Å². The summed E-state index contributed by atoms with van der Waals surface area (Å²) < 4.78 is 5.05. The molecule has 0 saturated carbocycles. The van der Waals surface area contributed by atoms with Crippen molar-refractivity contribution in [1.82, 2.24) is 0 Å². The summed E-state index contributed by atoms with van der Waals surface area (Å²) >= 11 is 1.40. The maximum Gasteiger partial charge on any atom is 0.341 e. The third-order valence-electron chi connectivity index (χ3n) is 2.96. The maximum atomic E-state index is 12.0. The molecular weight excluding hydrogens is 274 g/mol. The Hall–Kier alpha value is -1.62. The normalized spacial score (nSPS) is 11.3. The number of carbonyl (C=O) groups is 2. The first-order valence-electron chi connectivity index (χ1n) is 6.67. The Labute approximate surface area is 123 Å². The summed E-state index contributed by atoms with van der Waals surface area (Å²) in [6.07, 6.45) is 2.65. The smallest absolute Gasteiger partial charge is 0.341 e. The molecule has 0 aliphatic carbocycles. The van der Waals surface area contributed by atoms with E-state index < -0.39 is 0 Å². The van der Waals surface area contributed by atoms with Crippen molar-refractivity contribution >= 4 is 28.2 Å². The van der Waals surface area contributed by atoms with Crippen LogP contribution in [0.4, 0.5) is 5.00 Å². The van der Waals surface area contributed by atoms with E-state index in [0.717, 1.165) is 16.9 Å². The van der Waals surface area contributed by atoms with Gasteiger partial charge in [0, 0.05) is 10.5 Å². The average Bonchev–Trinajstić information content (AvgIpc) is 2.65. The highest BCUT2D eigenvalue weighted by molar-refractivity contribution is 7.16. The summed E-state index contributed by atoms with van der Waals surface area (Å²) in [6, 6.07) is 0. The number of nitrogens with one attached hydrogen (secondary N) is 1. The first-order valence-corrected chi connectivity index (χ1v) is 7.49. The minimum absolute atomic E-state index is 0.182. The van der Waals surface area contributed by atoms with Crippen molar-refractivity contribution in [1.29, 1.82) is 0 Å². The second-order valence-electron chi connectivity index (χ2n) is 4.46. The number of rotatable bonds is 5. The van der Waals surface area contributed by atoms with E-state index in [2.05, 4.69) is 5.32 Å². The fraction of sp³-hybridized carbons (Fsp3) is 0.467. The molecule has 4 nitrogen and oxygen atoms in total. The Morgan fingerprint density at radius 1 is 1.30 bits per heavy atom. The minimum Gasteiger partial charge on any atom is -0.462 e. The number of anilines is 1. The monoisotopic (exact) mass is 295 g/mol. The Bertz CT molecular complexity index is 544. The van der Waals surface area contributed by atoms with Crippen LogP contribution in [-0.4, -0.2) is 18.5 Å². The van der Waals surface area contributed by atoms with Crippen molar-refractivity contribution < 1.29 is 14.3 Å². The zero-order valence-corrected chi connectivity index (χ0v) is 13.4. The molecule has 1 aromatic heterocycles. The standard InChI is InChI=1S/C15H21NO3S/c1-6-8-9(3)13(17)16-14-12(15(18)19-7-2)10(4)11(5)20-14/h8H,6-7H2,1-5H3,(H,16,17)/b9-8+. The van der Waals surface area contributed by atoms with Crippen LogP contribution in [0.5, 0.6) is 0 Å². The van der Waals surface area contributed by atoms with E-state index >= 15 is 0 Å². The molecule has 20 heavy (non-hydrogen) atoms. The Kier molecular flexibility index (Phi) is 5.95. The molecule has 0 saturated heterocycles. The predicted octanol–water partition coefficient (Wildman–Crippen LogP) is 3.84. The van der Waals surface area contributed by atoms with Gasteiger partial charge in [-0.1, -0.05) is 13.0 Å². The van der Waals surface area contributed by atoms with Gasteiger partial charge in [-0.25, -0.2) is 4.79 Å². The fourth-order valence-corrected chi connectivity index (χ4v) is 2.81. The number of amides is 1. The number of carbonyl (C=O) groups excluding carboxylic acids is 2. The molecule has 0 aromatic carbocycles. The lowest BCUT2D eigenvalue weighted by atomic mass is 10.1. The van der Waals surface area contributed by atoms with Gasteiger partial charge in [-0.2, -0.15) is 0 Å². The van der Waals surface area contributed by atoms with Crippen LogP contribution in [0.15, 0.2) is 11.6 Å². The summed E-state index contributed by atoms with van der Waals surface area (Å²) in [4.78, 5) is 25.0. The molecule has 110 valence electrons. The quantitative estimate of drug-likeness (QED) is 0.663. The van der Waals surface area contributed by atoms with Crippen LogP contribution in [0.3, 0.4) is 0 Å². The minimum atomic E-state index is -0.387. The van der Waals surface area contributed by atoms with Crippen molar-refractivity contribution in [2.24, 2.45) is 0 Å². The lowest BCUT2D eigenvalue weighted by Crippen LogP contribution is -2.15. The lowest BCUT2D eigenvalue weighted by molar-refractivity contribution is -0.112. The van der Waals surface area contributed by atoms with Crippen molar-refractivity contribution in [3.8, 4) is 0 Å². The van der Waals surface area contributed by atoms with E-state index in [4.69, 9.17) is 4.74 Å². The van der Waals surface area contributed by atoms with Crippen molar-refractivity contribution in [3.63, 3.8) is 0 Å². The van der Waals surface area contributed by atoms with E-state index in [9.17, 15) is 9.59 Å². The van der Waals surface area contributed by atoms with E-state index in [1.54, 1.807) is 13.8 Å². The second-order valence-corrected chi connectivity index (χ2v) is 5.68. The number of thiophene rings is 1. The van der Waals surface area contributed by atoms with Crippen molar-refractivity contribution in [3.05, 3.63) is 27.7 Å². The molecule has 1 amide bonds. The molecule has 0 aliphatic heterocycles. The molecule has 1 heterocycles. The van der Waals surface area contributed by atoms with Gasteiger partial charge in [0.25, 0.3) is 5.91 Å². The van der Waals surface area contributed by atoms with Crippen molar-refractivity contribution in [2.45, 2.75) is 41.0 Å². The highest BCUT2D eigenvalue weighted by Gasteiger charge is 2.22. The summed E-state index contributed by atoms with van der Waals surface area (Å²) in [6.45, 7) is 9.60. The number of esters is 1. The van der Waals surface area contributed by atoms with Gasteiger partial charge >= 0.3 is 5.97 Å². The first kappa shape index (κ1) is 16.4. The van der Waals surface area contributed by atoms with Crippen LogP contribution >= 0.6 is 11.3 Å². The number of ether oxygens (including phenoxy) is 1. The molecule has 0 unspecified atom stereocenters. The van der Waals surface area contributed by atoms with Gasteiger partial charge in [-0.3, -0.25) is 4.79 Å². The summed E-state index contributed by atoms with van der Waals surface area (Å²) in [7, 11) is 0. The molecule has 0 atom stereocenters. The molecule has 1 rings (SSSR count). The van der Waals surface area contributed by atoms with Crippen LogP contribution in [-0.2, 0) is 9.53 Å². The molecule has 0 aliphatic rings. The SMILES string of the molecule is CC/C=C(\C)C(=O)Nc1sc(C)c(C)c1C(=O)OCC. The summed E-state index contributed by atoms with van der Waals surface area (Å²) in [5.74, 6) is -0.569. The molecule has 0 spiro atoms. The fourth-order valence-electron chi connectivity index (χ4n) is 1.76. The van der Waals surface area contributed by atoms with Gasteiger partial charge in [0.1, 0.15) is 5.00 Å². The molecule has 0 radical (unpaired) electrons. The Morgan fingerprint density at radius 3 is 2.50 bits per heavy atom. The predicted molar refractivity (Wildman–Crippen MR) is 82.4 cm³/mol. The Balaban J connectivity index is 3.07. The van der Waals surface area contributed by atoms with E-state index in [-0.39, 0.29) is 11.9 Å².